The molecule has 2 aromatic heterocycles. The average Bonchev–Trinajstić information content (AvgIpc) is 2.66. The van der Waals surface area contributed by atoms with Crippen molar-refractivity contribution >= 4 is 31.3 Å². The van der Waals surface area contributed by atoms with E-state index in [1.165, 1.54) is 4.68 Å². The highest BCUT2D eigenvalue weighted by molar-refractivity contribution is 8.13. The van der Waals surface area contributed by atoms with Crippen molar-refractivity contribution in [1.82, 2.24) is 14.8 Å². The summed E-state index contributed by atoms with van der Waals surface area (Å²) in [7, 11) is 1.50. The molecule has 20 heavy (non-hydrogen) atoms. The second kappa shape index (κ2) is 5.71. The number of pyridine rings is 1. The Morgan fingerprint density at radius 1 is 1.40 bits per heavy atom. The van der Waals surface area contributed by atoms with Crippen LogP contribution in [0.5, 0.6) is 0 Å². The summed E-state index contributed by atoms with van der Waals surface area (Å²) in [6.07, 6.45) is 2.81. The molecular formula is C12H13Cl2N3O2S. The summed E-state index contributed by atoms with van der Waals surface area (Å²) < 4.78 is 24.6. The van der Waals surface area contributed by atoms with Crippen LogP contribution in [-0.4, -0.2) is 23.2 Å². The van der Waals surface area contributed by atoms with Crippen LogP contribution in [-0.2, 0) is 15.5 Å². The van der Waals surface area contributed by atoms with Gasteiger partial charge in [-0.1, -0.05) is 24.9 Å². The van der Waals surface area contributed by atoms with E-state index in [1.807, 2.05) is 19.9 Å². The molecule has 2 heterocycles. The van der Waals surface area contributed by atoms with Crippen molar-refractivity contribution in [2.75, 3.05) is 0 Å². The lowest BCUT2D eigenvalue weighted by atomic mass is 10.2. The highest BCUT2D eigenvalue weighted by atomic mass is 35.7. The number of nitrogens with zero attached hydrogens (tertiary/aromatic N) is 3. The number of aromatic nitrogens is 3. The third kappa shape index (κ3) is 2.97. The Morgan fingerprint density at radius 2 is 2.10 bits per heavy atom. The van der Waals surface area contributed by atoms with Gasteiger partial charge in [0.15, 0.2) is 11.0 Å². The maximum Gasteiger partial charge on any atom is 0.266 e. The molecule has 0 saturated carbocycles. The van der Waals surface area contributed by atoms with Crippen LogP contribution >= 0.6 is 22.3 Å². The van der Waals surface area contributed by atoms with Crippen LogP contribution < -0.4 is 0 Å². The third-order valence-electron chi connectivity index (χ3n) is 2.70. The first-order valence-corrected chi connectivity index (χ1v) is 8.68. The number of rotatable bonds is 4. The first-order valence-electron chi connectivity index (χ1n) is 5.99. The fourth-order valence-corrected chi connectivity index (χ4v) is 3.71. The molecule has 0 amide bonds. The molecule has 0 radical (unpaired) electrons. The van der Waals surface area contributed by atoms with Gasteiger partial charge < -0.3 is 0 Å². The normalized spacial score (nSPS) is 11.8. The lowest BCUT2D eigenvalue weighted by molar-refractivity contribution is 0.608. The Balaban J connectivity index is 2.68. The fraction of sp³-hybridized carbons (Fsp3) is 0.333. The molecule has 2 aromatic rings. The molecule has 0 N–H and O–H groups in total. The maximum absolute atomic E-state index is 11.7. The molecule has 2 rings (SSSR count). The zero-order chi connectivity index (χ0) is 14.9. The summed E-state index contributed by atoms with van der Waals surface area (Å²) in [5.41, 5.74) is 1.32. The van der Waals surface area contributed by atoms with E-state index in [-0.39, 0.29) is 10.0 Å². The van der Waals surface area contributed by atoms with Gasteiger partial charge in [-0.25, -0.2) is 18.1 Å². The minimum Gasteiger partial charge on any atom is -0.237 e. The van der Waals surface area contributed by atoms with Gasteiger partial charge in [-0.05, 0) is 31.0 Å². The average molecular weight is 334 g/mol. The van der Waals surface area contributed by atoms with Crippen LogP contribution in [0.4, 0.5) is 0 Å². The van der Waals surface area contributed by atoms with Gasteiger partial charge in [-0.3, -0.25) is 0 Å². The number of hydrogen-bond donors (Lipinski definition) is 0. The van der Waals surface area contributed by atoms with E-state index < -0.39 is 9.05 Å². The summed E-state index contributed by atoms with van der Waals surface area (Å²) in [6.45, 7) is 3.82. The van der Waals surface area contributed by atoms with Gasteiger partial charge in [0.2, 0.25) is 0 Å². The van der Waals surface area contributed by atoms with E-state index in [0.29, 0.717) is 17.9 Å². The van der Waals surface area contributed by atoms with E-state index >= 15 is 0 Å². The number of aryl methyl sites for hydroxylation is 2. The van der Waals surface area contributed by atoms with Gasteiger partial charge in [0.1, 0.15) is 4.90 Å². The smallest absolute Gasteiger partial charge is 0.237 e. The fourth-order valence-electron chi connectivity index (χ4n) is 1.85. The molecule has 0 fully saturated rings. The second-order valence-electron chi connectivity index (χ2n) is 4.36. The summed E-state index contributed by atoms with van der Waals surface area (Å²) in [5.74, 6) is 0.457. The van der Waals surface area contributed by atoms with Crippen molar-refractivity contribution < 1.29 is 8.42 Å². The van der Waals surface area contributed by atoms with Crippen molar-refractivity contribution in [2.45, 2.75) is 31.6 Å². The molecule has 0 atom stereocenters. The van der Waals surface area contributed by atoms with Gasteiger partial charge >= 0.3 is 0 Å². The molecule has 8 heteroatoms. The Kier molecular flexibility index (Phi) is 4.36. The molecular weight excluding hydrogens is 321 g/mol. The second-order valence-corrected chi connectivity index (χ2v) is 7.22. The molecule has 0 aliphatic rings. The Hall–Kier alpha value is -1.11. The molecule has 0 bridgehead atoms. The van der Waals surface area contributed by atoms with Crippen molar-refractivity contribution in [3.8, 4) is 5.82 Å². The summed E-state index contributed by atoms with van der Waals surface area (Å²) in [4.78, 5) is 4.01. The van der Waals surface area contributed by atoms with Crippen molar-refractivity contribution in [1.29, 1.82) is 0 Å². The first-order chi connectivity index (χ1) is 9.34. The van der Waals surface area contributed by atoms with Crippen LogP contribution in [0, 0.1) is 6.92 Å². The standard InChI is InChI=1S/C12H13Cl2N3O2S/c1-3-4-9-11(20(14,18)19)12(13)17(16-9)10-7-8(2)5-6-15-10/h5-7H,3-4H2,1-2H3. The van der Waals surface area contributed by atoms with Crippen molar-refractivity contribution in [3.63, 3.8) is 0 Å². The summed E-state index contributed by atoms with van der Waals surface area (Å²) >= 11 is 6.13. The SMILES string of the molecule is CCCc1nn(-c2cc(C)ccn2)c(Cl)c1S(=O)(=O)Cl. The van der Waals surface area contributed by atoms with Gasteiger partial charge in [-0.15, -0.1) is 0 Å². The van der Waals surface area contributed by atoms with Gasteiger partial charge in [0, 0.05) is 16.9 Å². The lowest BCUT2D eigenvalue weighted by Crippen LogP contribution is -2.00. The highest BCUT2D eigenvalue weighted by Gasteiger charge is 2.26. The quantitative estimate of drug-likeness (QED) is 0.806. The Labute approximate surface area is 127 Å². The first kappa shape index (κ1) is 15.3. The molecule has 0 saturated heterocycles. The number of halogens is 2. The van der Waals surface area contributed by atoms with E-state index in [4.69, 9.17) is 22.3 Å². The maximum atomic E-state index is 11.7. The van der Waals surface area contributed by atoms with E-state index in [2.05, 4.69) is 10.1 Å². The topological polar surface area (TPSA) is 64.8 Å². The molecule has 0 spiro atoms. The van der Waals surface area contributed by atoms with Crippen LogP contribution in [0.1, 0.15) is 24.6 Å². The lowest BCUT2D eigenvalue weighted by Gasteiger charge is -2.02. The molecule has 0 aromatic carbocycles. The van der Waals surface area contributed by atoms with Gasteiger partial charge in [-0.2, -0.15) is 5.10 Å². The van der Waals surface area contributed by atoms with E-state index in [0.717, 1.165) is 12.0 Å². The van der Waals surface area contributed by atoms with Crippen molar-refractivity contribution in [3.05, 3.63) is 34.7 Å². The molecule has 0 aliphatic heterocycles. The zero-order valence-corrected chi connectivity index (χ0v) is 13.3. The molecule has 5 nitrogen and oxygen atoms in total. The summed E-state index contributed by atoms with van der Waals surface area (Å²) in [6, 6.07) is 3.59. The van der Waals surface area contributed by atoms with Gasteiger partial charge in [0.25, 0.3) is 9.05 Å². The minimum atomic E-state index is -3.95. The predicted molar refractivity (Wildman–Crippen MR) is 78.1 cm³/mol. The minimum absolute atomic E-state index is 0.0402. The van der Waals surface area contributed by atoms with Crippen LogP contribution in [0.3, 0.4) is 0 Å². The van der Waals surface area contributed by atoms with Crippen LogP contribution in [0.25, 0.3) is 5.82 Å². The third-order valence-corrected chi connectivity index (χ3v) is 4.55. The van der Waals surface area contributed by atoms with E-state index in [1.54, 1.807) is 12.3 Å². The van der Waals surface area contributed by atoms with Gasteiger partial charge in [0.05, 0.1) is 5.69 Å². The monoisotopic (exact) mass is 333 g/mol. The number of hydrogen-bond acceptors (Lipinski definition) is 4. The predicted octanol–water partition coefficient (Wildman–Crippen LogP) is 3.11. The van der Waals surface area contributed by atoms with Crippen LogP contribution in [0.15, 0.2) is 23.2 Å². The largest absolute Gasteiger partial charge is 0.266 e. The van der Waals surface area contributed by atoms with Crippen molar-refractivity contribution in [2.24, 2.45) is 0 Å². The molecule has 0 unspecified atom stereocenters. The Bertz CT molecular complexity index is 741. The van der Waals surface area contributed by atoms with E-state index in [9.17, 15) is 8.42 Å². The Morgan fingerprint density at radius 3 is 2.65 bits per heavy atom. The molecule has 108 valence electrons. The van der Waals surface area contributed by atoms with Crippen LogP contribution in [0.2, 0.25) is 5.15 Å². The summed E-state index contributed by atoms with van der Waals surface area (Å²) in [5, 5.41) is 4.20. The highest BCUT2D eigenvalue weighted by Crippen LogP contribution is 2.30. The molecule has 0 aliphatic carbocycles. The zero-order valence-electron chi connectivity index (χ0n) is 11.0.